The van der Waals surface area contributed by atoms with Crippen molar-refractivity contribution in [1.82, 2.24) is 10.6 Å². The van der Waals surface area contributed by atoms with E-state index in [0.717, 1.165) is 0 Å². The Hall–Kier alpha value is -1.76. The maximum absolute atomic E-state index is 13.1. The van der Waals surface area contributed by atoms with Crippen LogP contribution in [0.2, 0.25) is 5.02 Å². The monoisotopic (exact) mass is 320 g/mol. The van der Waals surface area contributed by atoms with E-state index < -0.39 is 24.2 Å². The summed E-state index contributed by atoms with van der Waals surface area (Å²) in [5.41, 5.74) is -0.121. The third kappa shape index (κ3) is 3.87. The molecule has 1 aliphatic heterocycles. The second-order valence-electron chi connectivity index (χ2n) is 4.69. The Morgan fingerprint density at radius 3 is 2.43 bits per heavy atom. The smallest absolute Gasteiger partial charge is 0.344 e. The number of hydrogen-bond donors (Lipinski definition) is 2. The van der Waals surface area contributed by atoms with Gasteiger partial charge in [0.1, 0.15) is 6.04 Å². The van der Waals surface area contributed by atoms with Crippen LogP contribution in [0.3, 0.4) is 0 Å². The Labute approximate surface area is 123 Å². The van der Waals surface area contributed by atoms with E-state index in [1.54, 1.807) is 0 Å². The summed E-state index contributed by atoms with van der Waals surface area (Å²) in [6.07, 6.45) is -4.32. The quantitative estimate of drug-likeness (QED) is 0.898. The molecule has 2 N–H and O–H groups in total. The van der Waals surface area contributed by atoms with Gasteiger partial charge in [-0.1, -0.05) is 23.7 Å². The molecular formula is C13H12ClF3N2O2. The van der Waals surface area contributed by atoms with Gasteiger partial charge in [-0.25, -0.2) is 0 Å². The number of hydrogen-bond acceptors (Lipinski definition) is 2. The second kappa shape index (κ2) is 5.93. The van der Waals surface area contributed by atoms with Crippen LogP contribution in [0.25, 0.3) is 0 Å². The number of carbonyl (C=O) groups is 2. The maximum atomic E-state index is 13.1. The first kappa shape index (κ1) is 15.6. The summed E-state index contributed by atoms with van der Waals surface area (Å²) in [5.74, 6) is -1.19. The number of halogens is 4. The Morgan fingerprint density at radius 1 is 1.33 bits per heavy atom. The fourth-order valence-corrected chi connectivity index (χ4v) is 2.19. The summed E-state index contributed by atoms with van der Waals surface area (Å²) in [7, 11) is 0. The minimum atomic E-state index is -4.65. The van der Waals surface area contributed by atoms with E-state index in [2.05, 4.69) is 5.32 Å². The van der Waals surface area contributed by atoms with Gasteiger partial charge in [-0.05, 0) is 24.1 Å². The molecule has 21 heavy (non-hydrogen) atoms. The number of nitrogens with one attached hydrogen (secondary N) is 2. The first-order valence-corrected chi connectivity index (χ1v) is 6.57. The van der Waals surface area contributed by atoms with E-state index in [1.165, 1.54) is 24.3 Å². The van der Waals surface area contributed by atoms with E-state index in [0.29, 0.717) is 5.02 Å². The van der Waals surface area contributed by atoms with Gasteiger partial charge in [0.25, 0.3) is 0 Å². The van der Waals surface area contributed by atoms with Crippen LogP contribution in [0.4, 0.5) is 13.2 Å². The lowest BCUT2D eigenvalue weighted by atomic mass is 10.1. The van der Waals surface area contributed by atoms with Crippen LogP contribution in [0.15, 0.2) is 24.3 Å². The average Bonchev–Trinajstić information content (AvgIpc) is 2.82. The SMILES string of the molecule is O=C1CCC(C(=O)NC(c2ccc(Cl)cc2)C(F)(F)F)N1. The summed E-state index contributed by atoms with van der Waals surface area (Å²) >= 11 is 5.64. The molecule has 1 aromatic rings. The fraction of sp³-hybridized carbons (Fsp3) is 0.385. The molecule has 1 saturated heterocycles. The molecule has 114 valence electrons. The third-order valence-electron chi connectivity index (χ3n) is 3.13. The van der Waals surface area contributed by atoms with Gasteiger partial charge in [0.15, 0.2) is 6.04 Å². The highest BCUT2D eigenvalue weighted by Crippen LogP contribution is 2.33. The molecule has 0 aliphatic carbocycles. The predicted molar refractivity (Wildman–Crippen MR) is 69.6 cm³/mol. The lowest BCUT2D eigenvalue weighted by Crippen LogP contribution is -2.46. The summed E-state index contributed by atoms with van der Waals surface area (Å²) in [6, 6.07) is 1.98. The van der Waals surface area contributed by atoms with Crippen molar-refractivity contribution in [2.75, 3.05) is 0 Å². The third-order valence-corrected chi connectivity index (χ3v) is 3.38. The number of amides is 2. The Kier molecular flexibility index (Phi) is 4.41. The van der Waals surface area contributed by atoms with Crippen molar-refractivity contribution in [3.05, 3.63) is 34.9 Å². The molecule has 2 atom stereocenters. The molecule has 1 heterocycles. The summed E-state index contributed by atoms with van der Waals surface area (Å²) in [6.45, 7) is 0. The first-order valence-electron chi connectivity index (χ1n) is 6.19. The van der Waals surface area contributed by atoms with Crippen molar-refractivity contribution >= 4 is 23.4 Å². The zero-order valence-corrected chi connectivity index (χ0v) is 11.5. The Bertz CT molecular complexity index is 545. The molecule has 4 nitrogen and oxygen atoms in total. The minimum absolute atomic E-state index is 0.121. The highest BCUT2D eigenvalue weighted by Gasteiger charge is 2.43. The zero-order valence-electron chi connectivity index (χ0n) is 10.7. The van der Waals surface area contributed by atoms with Crippen LogP contribution in [-0.2, 0) is 9.59 Å². The Morgan fingerprint density at radius 2 is 1.95 bits per heavy atom. The molecule has 0 bridgehead atoms. The van der Waals surface area contributed by atoms with Crippen LogP contribution in [-0.4, -0.2) is 24.0 Å². The van der Waals surface area contributed by atoms with Gasteiger partial charge in [-0.3, -0.25) is 9.59 Å². The van der Waals surface area contributed by atoms with E-state index in [9.17, 15) is 22.8 Å². The van der Waals surface area contributed by atoms with E-state index in [1.807, 2.05) is 5.32 Å². The van der Waals surface area contributed by atoms with E-state index >= 15 is 0 Å². The van der Waals surface area contributed by atoms with Crippen molar-refractivity contribution in [3.8, 4) is 0 Å². The maximum Gasteiger partial charge on any atom is 0.412 e. The largest absolute Gasteiger partial charge is 0.412 e. The normalized spacial score (nSPS) is 20.0. The molecule has 2 rings (SSSR count). The van der Waals surface area contributed by atoms with Crippen molar-refractivity contribution in [2.45, 2.75) is 31.1 Å². The van der Waals surface area contributed by atoms with Gasteiger partial charge in [0.2, 0.25) is 11.8 Å². The molecule has 1 aromatic carbocycles. The predicted octanol–water partition coefficient (Wildman–Crippen LogP) is 2.34. The molecule has 0 aromatic heterocycles. The molecule has 1 fully saturated rings. The molecule has 2 unspecified atom stereocenters. The minimum Gasteiger partial charge on any atom is -0.344 e. The summed E-state index contributed by atoms with van der Waals surface area (Å²) < 4.78 is 39.3. The van der Waals surface area contributed by atoms with Gasteiger partial charge in [-0.2, -0.15) is 13.2 Å². The molecular weight excluding hydrogens is 309 g/mol. The van der Waals surface area contributed by atoms with Gasteiger partial charge in [0, 0.05) is 11.4 Å². The lowest BCUT2D eigenvalue weighted by molar-refractivity contribution is -0.164. The molecule has 0 spiro atoms. The van der Waals surface area contributed by atoms with Gasteiger partial charge >= 0.3 is 6.18 Å². The Balaban J connectivity index is 2.15. The fourth-order valence-electron chi connectivity index (χ4n) is 2.06. The first-order chi connectivity index (χ1) is 9.77. The standard InChI is InChI=1S/C13H12ClF3N2O2/c14-8-3-1-7(2-4-8)11(13(15,16)17)19-12(21)9-5-6-10(20)18-9/h1-4,9,11H,5-6H2,(H,18,20)(H,19,21). The highest BCUT2D eigenvalue weighted by molar-refractivity contribution is 6.30. The number of alkyl halides is 3. The summed E-state index contributed by atoms with van der Waals surface area (Å²) in [4.78, 5) is 22.9. The molecule has 0 saturated carbocycles. The second-order valence-corrected chi connectivity index (χ2v) is 5.13. The number of benzene rings is 1. The molecule has 0 radical (unpaired) electrons. The van der Waals surface area contributed by atoms with Crippen LogP contribution >= 0.6 is 11.6 Å². The zero-order chi connectivity index (χ0) is 15.6. The van der Waals surface area contributed by atoms with E-state index in [4.69, 9.17) is 11.6 Å². The highest BCUT2D eigenvalue weighted by atomic mass is 35.5. The molecule has 2 amide bonds. The average molecular weight is 321 g/mol. The number of carbonyl (C=O) groups excluding carboxylic acids is 2. The number of rotatable bonds is 3. The van der Waals surface area contributed by atoms with Crippen molar-refractivity contribution < 1.29 is 22.8 Å². The van der Waals surface area contributed by atoms with Crippen LogP contribution in [0, 0.1) is 0 Å². The van der Waals surface area contributed by atoms with E-state index in [-0.39, 0.29) is 24.3 Å². The van der Waals surface area contributed by atoms with Crippen LogP contribution in [0.1, 0.15) is 24.4 Å². The van der Waals surface area contributed by atoms with Gasteiger partial charge < -0.3 is 10.6 Å². The lowest BCUT2D eigenvalue weighted by Gasteiger charge is -2.23. The van der Waals surface area contributed by atoms with Crippen molar-refractivity contribution in [3.63, 3.8) is 0 Å². The van der Waals surface area contributed by atoms with Crippen LogP contribution < -0.4 is 10.6 Å². The van der Waals surface area contributed by atoms with Gasteiger partial charge in [-0.15, -0.1) is 0 Å². The summed E-state index contributed by atoms with van der Waals surface area (Å²) in [5, 5.41) is 4.57. The van der Waals surface area contributed by atoms with Crippen LogP contribution in [0.5, 0.6) is 0 Å². The molecule has 8 heteroatoms. The van der Waals surface area contributed by atoms with Gasteiger partial charge in [0.05, 0.1) is 0 Å². The van der Waals surface area contributed by atoms with Crippen molar-refractivity contribution in [2.24, 2.45) is 0 Å². The molecule has 1 aliphatic rings. The topological polar surface area (TPSA) is 58.2 Å². The van der Waals surface area contributed by atoms with Crippen molar-refractivity contribution in [1.29, 1.82) is 0 Å².